The van der Waals surface area contributed by atoms with Gasteiger partial charge in [0.05, 0.1) is 23.2 Å². The molecule has 0 aliphatic carbocycles. The Hall–Kier alpha value is -3.08. The summed E-state index contributed by atoms with van der Waals surface area (Å²) in [5, 5.41) is 24.2. The van der Waals surface area contributed by atoms with Crippen molar-refractivity contribution in [2.24, 2.45) is 0 Å². The maximum absolute atomic E-state index is 13.4. The molecule has 29 heavy (non-hydrogen) atoms. The van der Waals surface area contributed by atoms with Gasteiger partial charge in [0.1, 0.15) is 11.6 Å². The molecule has 3 aromatic rings. The van der Waals surface area contributed by atoms with Gasteiger partial charge in [0.25, 0.3) is 0 Å². The van der Waals surface area contributed by atoms with Crippen LogP contribution in [-0.2, 0) is 13.0 Å². The number of phenols is 1. The van der Waals surface area contributed by atoms with Crippen molar-refractivity contribution in [3.8, 4) is 18.1 Å². The second-order valence-corrected chi connectivity index (χ2v) is 7.36. The number of aryl methyl sites for hydroxylation is 2. The van der Waals surface area contributed by atoms with E-state index in [0.717, 1.165) is 5.52 Å². The number of halogens is 1. The number of nitrogens with zero attached hydrogens (tertiary/aromatic N) is 1. The zero-order valence-electron chi connectivity index (χ0n) is 15.7. The van der Waals surface area contributed by atoms with Gasteiger partial charge in [-0.2, -0.15) is 0 Å². The normalized spacial score (nSPS) is 19.6. The number of aromatic hydroxyl groups is 1. The van der Waals surface area contributed by atoms with E-state index in [1.807, 2.05) is 12.1 Å². The highest BCUT2D eigenvalue weighted by molar-refractivity contribution is 5.79. The van der Waals surface area contributed by atoms with Crippen LogP contribution < -0.4 is 11.0 Å². The van der Waals surface area contributed by atoms with Crippen molar-refractivity contribution < 1.29 is 14.6 Å². The minimum Gasteiger partial charge on any atom is -0.508 e. The van der Waals surface area contributed by atoms with Gasteiger partial charge in [-0.05, 0) is 49.1 Å². The van der Waals surface area contributed by atoms with E-state index < -0.39 is 11.9 Å². The van der Waals surface area contributed by atoms with E-state index in [-0.39, 0.29) is 23.5 Å². The molecule has 2 heterocycles. The molecule has 0 saturated heterocycles. The average Bonchev–Trinajstić information content (AvgIpc) is 2.96. The Kier molecular flexibility index (Phi) is 5.14. The highest BCUT2D eigenvalue weighted by atomic mass is 19.1. The van der Waals surface area contributed by atoms with E-state index in [1.54, 1.807) is 10.6 Å². The molecule has 150 valence electrons. The molecule has 1 unspecified atom stereocenters. The Morgan fingerprint density at radius 3 is 3.00 bits per heavy atom. The number of aliphatic hydroxyl groups excluding tert-OH is 1. The van der Waals surface area contributed by atoms with Crippen LogP contribution in [0.2, 0.25) is 0 Å². The van der Waals surface area contributed by atoms with Crippen molar-refractivity contribution in [2.45, 2.75) is 44.0 Å². The third-order valence-corrected chi connectivity index (χ3v) is 5.55. The lowest BCUT2D eigenvalue weighted by Gasteiger charge is -2.26. The molecule has 1 aromatic heterocycles. The number of aliphatic hydroxyl groups is 1. The quantitative estimate of drug-likeness (QED) is 0.499. The first-order valence-electron chi connectivity index (χ1n) is 9.57. The molecule has 0 fully saturated rings. The molecule has 6 nitrogen and oxygen atoms in total. The highest BCUT2D eigenvalue weighted by Crippen LogP contribution is 2.30. The van der Waals surface area contributed by atoms with Crippen molar-refractivity contribution in [2.75, 3.05) is 0 Å². The second-order valence-electron chi connectivity index (χ2n) is 7.36. The van der Waals surface area contributed by atoms with Crippen molar-refractivity contribution >= 4 is 11.0 Å². The SMILES string of the molecule is C#CC(CCc1cc(F)ccc1O)N[C@@H]1CCn2c(=O)[nH]c3cccc(c32)[C@H]1O. The summed E-state index contributed by atoms with van der Waals surface area (Å²) in [5.74, 6) is 2.29. The molecule has 0 radical (unpaired) electrons. The van der Waals surface area contributed by atoms with Gasteiger partial charge in [-0.15, -0.1) is 6.42 Å². The summed E-state index contributed by atoms with van der Waals surface area (Å²) in [4.78, 5) is 15.0. The third kappa shape index (κ3) is 3.65. The second kappa shape index (κ2) is 7.74. The monoisotopic (exact) mass is 395 g/mol. The Bertz CT molecular complexity index is 1140. The molecule has 0 bridgehead atoms. The van der Waals surface area contributed by atoms with Crippen LogP contribution in [0.5, 0.6) is 5.75 Å². The zero-order chi connectivity index (χ0) is 20.5. The minimum absolute atomic E-state index is 0.0296. The fraction of sp³-hybridized carbons (Fsp3) is 0.318. The Morgan fingerprint density at radius 1 is 1.38 bits per heavy atom. The Balaban J connectivity index is 1.52. The molecule has 4 rings (SSSR count). The zero-order valence-corrected chi connectivity index (χ0v) is 15.7. The fourth-order valence-corrected chi connectivity index (χ4v) is 4.04. The molecular weight excluding hydrogens is 373 g/mol. The van der Waals surface area contributed by atoms with Crippen molar-refractivity contribution in [3.05, 3.63) is 63.8 Å². The Morgan fingerprint density at radius 2 is 2.21 bits per heavy atom. The van der Waals surface area contributed by atoms with Crippen LogP contribution in [0.25, 0.3) is 11.0 Å². The van der Waals surface area contributed by atoms with Crippen molar-refractivity contribution in [1.29, 1.82) is 0 Å². The largest absolute Gasteiger partial charge is 0.508 e. The van der Waals surface area contributed by atoms with Gasteiger partial charge >= 0.3 is 5.69 Å². The van der Waals surface area contributed by atoms with Gasteiger partial charge in [0.15, 0.2) is 0 Å². The number of rotatable bonds is 5. The number of nitrogens with one attached hydrogen (secondary N) is 2. The van der Waals surface area contributed by atoms with E-state index in [9.17, 15) is 19.4 Å². The summed E-state index contributed by atoms with van der Waals surface area (Å²) in [5.41, 5.74) is 2.38. The number of benzene rings is 2. The van der Waals surface area contributed by atoms with Gasteiger partial charge < -0.3 is 15.2 Å². The number of aromatic nitrogens is 2. The van der Waals surface area contributed by atoms with Crippen LogP contribution in [0.15, 0.2) is 41.2 Å². The molecule has 4 N–H and O–H groups in total. The number of hydrogen-bond acceptors (Lipinski definition) is 4. The maximum Gasteiger partial charge on any atom is 0.326 e. The lowest BCUT2D eigenvalue weighted by atomic mass is 9.97. The Labute approximate surface area is 167 Å². The van der Waals surface area contributed by atoms with E-state index in [2.05, 4.69) is 16.2 Å². The number of imidazole rings is 1. The van der Waals surface area contributed by atoms with E-state index >= 15 is 0 Å². The molecule has 1 aliphatic heterocycles. The summed E-state index contributed by atoms with van der Waals surface area (Å²) < 4.78 is 15.1. The number of H-pyrrole nitrogens is 1. The number of para-hydroxylation sites is 1. The molecule has 2 aromatic carbocycles. The molecule has 0 amide bonds. The van der Waals surface area contributed by atoms with Crippen LogP contribution in [0.4, 0.5) is 4.39 Å². The van der Waals surface area contributed by atoms with Crippen LogP contribution >= 0.6 is 0 Å². The number of terminal acetylenes is 1. The molecular formula is C22H22FN3O3. The number of hydrogen-bond donors (Lipinski definition) is 4. The summed E-state index contributed by atoms with van der Waals surface area (Å²) in [7, 11) is 0. The van der Waals surface area contributed by atoms with E-state index in [0.29, 0.717) is 42.5 Å². The van der Waals surface area contributed by atoms with Crippen LogP contribution in [0.3, 0.4) is 0 Å². The molecule has 1 aliphatic rings. The van der Waals surface area contributed by atoms with Crippen molar-refractivity contribution in [3.63, 3.8) is 0 Å². The van der Waals surface area contributed by atoms with Crippen LogP contribution in [0.1, 0.15) is 30.1 Å². The molecule has 7 heteroatoms. The minimum atomic E-state index is -0.832. The average molecular weight is 395 g/mol. The third-order valence-electron chi connectivity index (χ3n) is 5.55. The summed E-state index contributed by atoms with van der Waals surface area (Å²) in [6.45, 7) is 0.451. The highest BCUT2D eigenvalue weighted by Gasteiger charge is 2.29. The van der Waals surface area contributed by atoms with Gasteiger partial charge in [-0.3, -0.25) is 9.88 Å². The van der Waals surface area contributed by atoms with Gasteiger partial charge in [0, 0.05) is 18.2 Å². The van der Waals surface area contributed by atoms with Crippen molar-refractivity contribution in [1.82, 2.24) is 14.9 Å². The summed E-state index contributed by atoms with van der Waals surface area (Å²) >= 11 is 0. The smallest absolute Gasteiger partial charge is 0.326 e. The van der Waals surface area contributed by atoms with Crippen LogP contribution in [0, 0.1) is 18.2 Å². The standard InChI is InChI=1S/C22H22FN3O3/c1-2-15(8-6-13-12-14(23)7-9-19(13)27)24-18-10-11-26-20-16(21(18)28)4-3-5-17(20)25-22(26)29/h1,3-5,7,9,12,15,18,21,24,27-28H,6,8,10-11H2,(H,25,29)/t15?,18-,21-/m1/s1. The molecule has 0 saturated carbocycles. The number of phenolic OH excluding ortho intramolecular Hbond substituents is 1. The maximum atomic E-state index is 13.4. The topological polar surface area (TPSA) is 90.3 Å². The van der Waals surface area contributed by atoms with Gasteiger partial charge in [-0.25, -0.2) is 9.18 Å². The predicted molar refractivity (Wildman–Crippen MR) is 108 cm³/mol. The van der Waals surface area contributed by atoms with Gasteiger partial charge in [0.2, 0.25) is 0 Å². The van der Waals surface area contributed by atoms with Gasteiger partial charge in [-0.1, -0.05) is 18.1 Å². The lowest BCUT2D eigenvalue weighted by molar-refractivity contribution is 0.121. The number of aromatic amines is 1. The summed E-state index contributed by atoms with van der Waals surface area (Å²) in [6, 6.07) is 8.52. The fourth-order valence-electron chi connectivity index (χ4n) is 4.04. The van der Waals surface area contributed by atoms with Crippen LogP contribution in [-0.4, -0.2) is 31.8 Å². The lowest BCUT2D eigenvalue weighted by Crippen LogP contribution is -2.42. The first-order valence-corrected chi connectivity index (χ1v) is 9.57. The molecule has 0 spiro atoms. The van der Waals surface area contributed by atoms with E-state index in [1.165, 1.54) is 18.2 Å². The van der Waals surface area contributed by atoms with E-state index in [4.69, 9.17) is 6.42 Å². The first-order chi connectivity index (χ1) is 14.0. The first kappa shape index (κ1) is 19.2. The molecule has 3 atom stereocenters. The predicted octanol–water partition coefficient (Wildman–Crippen LogP) is 2.20. The summed E-state index contributed by atoms with van der Waals surface area (Å²) in [6.07, 6.45) is 6.23.